The van der Waals surface area contributed by atoms with Crippen molar-refractivity contribution in [3.05, 3.63) is 65.2 Å². The Morgan fingerprint density at radius 1 is 0.765 bits per heavy atom. The summed E-state index contributed by atoms with van der Waals surface area (Å²) in [7, 11) is 1.68. The fourth-order valence-electron chi connectivity index (χ4n) is 1.59. The van der Waals surface area contributed by atoms with Crippen LogP contribution in [0.25, 0.3) is 12.2 Å². The molecule has 0 saturated heterocycles. The predicted octanol–water partition coefficient (Wildman–Crippen LogP) is 4.17. The number of methoxy groups -OCH3 is 1. The van der Waals surface area contributed by atoms with Gasteiger partial charge in [-0.2, -0.15) is 0 Å². The molecule has 0 saturated carbocycles. The van der Waals surface area contributed by atoms with Gasteiger partial charge in [0.25, 0.3) is 0 Å². The quantitative estimate of drug-likeness (QED) is 0.711. The summed E-state index contributed by atoms with van der Waals surface area (Å²) in [4.78, 5) is 0. The molecule has 0 aliphatic rings. The standard InChI is InChI=1S/C16H16O/c1-13-3-5-14(6-4-13)7-8-15-9-11-16(17-2)12-10-15/h3-12H,1-2H3/b8-7+. The molecule has 0 spiro atoms. The van der Waals surface area contributed by atoms with E-state index in [1.54, 1.807) is 7.11 Å². The van der Waals surface area contributed by atoms with E-state index in [0.717, 1.165) is 5.75 Å². The van der Waals surface area contributed by atoms with E-state index in [-0.39, 0.29) is 0 Å². The molecule has 0 aliphatic heterocycles. The molecule has 0 fully saturated rings. The van der Waals surface area contributed by atoms with Gasteiger partial charge in [-0.3, -0.25) is 0 Å². The SMILES string of the molecule is COc1ccc(/C=C/c2ccc(C)cc2)cc1. The van der Waals surface area contributed by atoms with E-state index in [1.165, 1.54) is 16.7 Å². The van der Waals surface area contributed by atoms with Crippen molar-refractivity contribution in [1.29, 1.82) is 0 Å². The molecule has 0 aliphatic carbocycles. The molecule has 0 amide bonds. The first-order chi connectivity index (χ1) is 8.28. The van der Waals surface area contributed by atoms with Gasteiger partial charge in [0.2, 0.25) is 0 Å². The van der Waals surface area contributed by atoms with Crippen molar-refractivity contribution < 1.29 is 4.74 Å². The van der Waals surface area contributed by atoms with Gasteiger partial charge in [0, 0.05) is 0 Å². The van der Waals surface area contributed by atoms with Crippen LogP contribution in [0.5, 0.6) is 5.75 Å². The minimum absolute atomic E-state index is 0.887. The van der Waals surface area contributed by atoms with Crippen molar-refractivity contribution in [1.82, 2.24) is 0 Å². The second-order valence-corrected chi connectivity index (χ2v) is 4.02. The second-order valence-electron chi connectivity index (χ2n) is 4.02. The van der Waals surface area contributed by atoms with Crippen molar-refractivity contribution >= 4 is 12.2 Å². The van der Waals surface area contributed by atoms with Crippen molar-refractivity contribution in [2.75, 3.05) is 7.11 Å². The number of ether oxygens (including phenoxy) is 1. The van der Waals surface area contributed by atoms with Gasteiger partial charge in [0.05, 0.1) is 7.11 Å². The van der Waals surface area contributed by atoms with Crippen LogP contribution in [0.3, 0.4) is 0 Å². The van der Waals surface area contributed by atoms with Crippen LogP contribution < -0.4 is 4.74 Å². The molecule has 1 nitrogen and oxygen atoms in total. The Hall–Kier alpha value is -2.02. The predicted molar refractivity (Wildman–Crippen MR) is 73.1 cm³/mol. The van der Waals surface area contributed by atoms with Gasteiger partial charge in [-0.1, -0.05) is 54.1 Å². The zero-order valence-electron chi connectivity index (χ0n) is 10.2. The van der Waals surface area contributed by atoms with Crippen LogP contribution >= 0.6 is 0 Å². The summed E-state index contributed by atoms with van der Waals surface area (Å²) in [5.74, 6) is 0.887. The third kappa shape index (κ3) is 3.22. The number of aryl methyl sites for hydroxylation is 1. The third-order valence-electron chi connectivity index (χ3n) is 2.66. The van der Waals surface area contributed by atoms with E-state index >= 15 is 0 Å². The fourth-order valence-corrected chi connectivity index (χ4v) is 1.59. The largest absolute Gasteiger partial charge is 0.497 e. The molecule has 0 unspecified atom stereocenters. The smallest absolute Gasteiger partial charge is 0.118 e. The highest BCUT2D eigenvalue weighted by Crippen LogP contribution is 2.14. The minimum atomic E-state index is 0.887. The highest BCUT2D eigenvalue weighted by Gasteiger charge is 1.90. The van der Waals surface area contributed by atoms with Crippen molar-refractivity contribution in [2.45, 2.75) is 6.92 Å². The van der Waals surface area contributed by atoms with Crippen LogP contribution in [0.1, 0.15) is 16.7 Å². The molecular formula is C16H16O. The highest BCUT2D eigenvalue weighted by molar-refractivity contribution is 5.69. The lowest BCUT2D eigenvalue weighted by atomic mass is 10.1. The van der Waals surface area contributed by atoms with Crippen molar-refractivity contribution in [3.8, 4) is 5.75 Å². The molecule has 0 heterocycles. The van der Waals surface area contributed by atoms with E-state index in [1.807, 2.05) is 24.3 Å². The van der Waals surface area contributed by atoms with Gasteiger partial charge in [0.15, 0.2) is 0 Å². The van der Waals surface area contributed by atoms with Crippen LogP contribution in [0.4, 0.5) is 0 Å². The normalized spacial score (nSPS) is 10.7. The molecule has 0 bridgehead atoms. The first kappa shape index (κ1) is 11.5. The van der Waals surface area contributed by atoms with Crippen molar-refractivity contribution in [2.24, 2.45) is 0 Å². The maximum absolute atomic E-state index is 5.12. The summed E-state index contributed by atoms with van der Waals surface area (Å²) in [6, 6.07) is 16.5. The molecule has 0 N–H and O–H groups in total. The Labute approximate surface area is 102 Å². The number of rotatable bonds is 3. The van der Waals surface area contributed by atoms with E-state index < -0.39 is 0 Å². The van der Waals surface area contributed by atoms with Gasteiger partial charge in [0.1, 0.15) is 5.75 Å². The van der Waals surface area contributed by atoms with Crippen LogP contribution in [-0.4, -0.2) is 7.11 Å². The molecule has 1 heteroatoms. The molecule has 0 aromatic heterocycles. The Kier molecular flexibility index (Phi) is 3.61. The molecule has 0 radical (unpaired) electrons. The van der Waals surface area contributed by atoms with Gasteiger partial charge < -0.3 is 4.74 Å². The Balaban J connectivity index is 2.11. The molecule has 2 aromatic rings. The molecular weight excluding hydrogens is 208 g/mol. The first-order valence-electron chi connectivity index (χ1n) is 5.67. The van der Waals surface area contributed by atoms with Gasteiger partial charge in [-0.15, -0.1) is 0 Å². The van der Waals surface area contributed by atoms with Crippen LogP contribution in [0.15, 0.2) is 48.5 Å². The zero-order chi connectivity index (χ0) is 12.1. The number of hydrogen-bond donors (Lipinski definition) is 0. The van der Waals surface area contributed by atoms with Gasteiger partial charge in [-0.25, -0.2) is 0 Å². The van der Waals surface area contributed by atoms with E-state index in [4.69, 9.17) is 4.74 Å². The van der Waals surface area contributed by atoms with E-state index in [9.17, 15) is 0 Å². The van der Waals surface area contributed by atoms with Crippen LogP contribution in [-0.2, 0) is 0 Å². The zero-order valence-corrected chi connectivity index (χ0v) is 10.2. The number of hydrogen-bond acceptors (Lipinski definition) is 1. The lowest BCUT2D eigenvalue weighted by Gasteiger charge is -1.99. The monoisotopic (exact) mass is 224 g/mol. The van der Waals surface area contributed by atoms with E-state index in [2.05, 4.69) is 43.3 Å². The lowest BCUT2D eigenvalue weighted by molar-refractivity contribution is 0.415. The average Bonchev–Trinajstić information content (AvgIpc) is 2.39. The Morgan fingerprint density at radius 2 is 1.24 bits per heavy atom. The summed E-state index contributed by atoms with van der Waals surface area (Å²) >= 11 is 0. The summed E-state index contributed by atoms with van der Waals surface area (Å²) in [5.41, 5.74) is 3.67. The topological polar surface area (TPSA) is 9.23 Å². The second kappa shape index (κ2) is 5.35. The van der Waals surface area contributed by atoms with Gasteiger partial charge >= 0.3 is 0 Å². The van der Waals surface area contributed by atoms with Crippen LogP contribution in [0, 0.1) is 6.92 Å². The molecule has 2 aromatic carbocycles. The molecule has 17 heavy (non-hydrogen) atoms. The Bertz CT molecular complexity index is 492. The minimum Gasteiger partial charge on any atom is -0.497 e. The maximum atomic E-state index is 5.12. The van der Waals surface area contributed by atoms with Gasteiger partial charge in [-0.05, 0) is 30.2 Å². The van der Waals surface area contributed by atoms with Crippen LogP contribution in [0.2, 0.25) is 0 Å². The third-order valence-corrected chi connectivity index (χ3v) is 2.66. The highest BCUT2D eigenvalue weighted by atomic mass is 16.5. The first-order valence-corrected chi connectivity index (χ1v) is 5.67. The fraction of sp³-hybridized carbons (Fsp3) is 0.125. The average molecular weight is 224 g/mol. The number of benzene rings is 2. The lowest BCUT2D eigenvalue weighted by Crippen LogP contribution is -1.81. The summed E-state index contributed by atoms with van der Waals surface area (Å²) in [6.07, 6.45) is 4.21. The maximum Gasteiger partial charge on any atom is 0.118 e. The Morgan fingerprint density at radius 3 is 1.71 bits per heavy atom. The van der Waals surface area contributed by atoms with Crippen molar-refractivity contribution in [3.63, 3.8) is 0 Å². The summed E-state index contributed by atoms with van der Waals surface area (Å²) < 4.78 is 5.12. The molecule has 2 rings (SSSR count). The summed E-state index contributed by atoms with van der Waals surface area (Å²) in [6.45, 7) is 2.09. The summed E-state index contributed by atoms with van der Waals surface area (Å²) in [5, 5.41) is 0. The van der Waals surface area contributed by atoms with E-state index in [0.29, 0.717) is 0 Å². The molecule has 0 atom stereocenters. The molecule has 86 valence electrons.